The van der Waals surface area contributed by atoms with Gasteiger partial charge in [0.15, 0.2) is 6.10 Å². The molecular formula is C26H27N3O3. The third-order valence-electron chi connectivity index (χ3n) is 5.42. The van der Waals surface area contributed by atoms with E-state index >= 15 is 0 Å². The van der Waals surface area contributed by atoms with Crippen molar-refractivity contribution in [1.29, 1.82) is 0 Å². The maximum Gasteiger partial charge on any atom is 0.319 e. The van der Waals surface area contributed by atoms with Crippen LogP contribution in [0.1, 0.15) is 17.5 Å². The SMILES string of the molecule is COc1ccc(NC(=O)NC(Cc2ccccc2)C2CC(Cc3ccccc3)=NO2)cc1. The Bertz CT molecular complexity index is 1040. The first kappa shape index (κ1) is 21.4. The second-order valence-electron chi connectivity index (χ2n) is 7.79. The number of ether oxygens (including phenoxy) is 1. The van der Waals surface area contributed by atoms with E-state index in [1.165, 1.54) is 5.56 Å². The van der Waals surface area contributed by atoms with Gasteiger partial charge in [0.05, 0.1) is 18.9 Å². The van der Waals surface area contributed by atoms with Crippen molar-refractivity contribution in [1.82, 2.24) is 5.32 Å². The van der Waals surface area contributed by atoms with Gasteiger partial charge in [-0.15, -0.1) is 0 Å². The molecule has 1 aliphatic heterocycles. The third-order valence-corrected chi connectivity index (χ3v) is 5.42. The normalized spacial score (nSPS) is 15.9. The van der Waals surface area contributed by atoms with Crippen molar-refractivity contribution >= 4 is 17.4 Å². The lowest BCUT2D eigenvalue weighted by Crippen LogP contribution is -2.46. The average Bonchev–Trinajstić information content (AvgIpc) is 3.29. The lowest BCUT2D eigenvalue weighted by atomic mass is 9.96. The van der Waals surface area contributed by atoms with Crippen LogP contribution < -0.4 is 15.4 Å². The second-order valence-corrected chi connectivity index (χ2v) is 7.79. The van der Waals surface area contributed by atoms with E-state index in [0.717, 1.165) is 23.4 Å². The summed E-state index contributed by atoms with van der Waals surface area (Å²) in [6, 6.07) is 27.0. The van der Waals surface area contributed by atoms with Crippen LogP contribution >= 0.6 is 0 Å². The van der Waals surface area contributed by atoms with Gasteiger partial charge in [-0.25, -0.2) is 4.79 Å². The van der Waals surface area contributed by atoms with E-state index in [1.807, 2.05) is 36.4 Å². The Kier molecular flexibility index (Phi) is 7.02. The first-order valence-electron chi connectivity index (χ1n) is 10.7. The fourth-order valence-corrected chi connectivity index (χ4v) is 3.75. The van der Waals surface area contributed by atoms with E-state index in [-0.39, 0.29) is 18.2 Å². The zero-order valence-corrected chi connectivity index (χ0v) is 18.0. The number of hydrogen-bond acceptors (Lipinski definition) is 4. The molecule has 2 atom stereocenters. The second kappa shape index (κ2) is 10.5. The highest BCUT2D eigenvalue weighted by Gasteiger charge is 2.31. The number of urea groups is 1. The third kappa shape index (κ3) is 5.88. The molecule has 0 bridgehead atoms. The molecule has 0 aliphatic carbocycles. The average molecular weight is 430 g/mol. The number of methoxy groups -OCH3 is 1. The van der Waals surface area contributed by atoms with E-state index in [0.29, 0.717) is 18.5 Å². The molecule has 3 aromatic rings. The van der Waals surface area contributed by atoms with E-state index in [1.54, 1.807) is 31.4 Å². The monoisotopic (exact) mass is 429 g/mol. The van der Waals surface area contributed by atoms with Crippen LogP contribution in [-0.2, 0) is 17.7 Å². The Balaban J connectivity index is 1.41. The van der Waals surface area contributed by atoms with Gasteiger partial charge in [0, 0.05) is 18.5 Å². The summed E-state index contributed by atoms with van der Waals surface area (Å²) in [5.41, 5.74) is 3.99. The number of nitrogens with zero attached hydrogens (tertiary/aromatic N) is 1. The summed E-state index contributed by atoms with van der Waals surface area (Å²) >= 11 is 0. The molecule has 2 unspecified atom stereocenters. The topological polar surface area (TPSA) is 72.0 Å². The van der Waals surface area contributed by atoms with Crippen LogP contribution in [0, 0.1) is 0 Å². The van der Waals surface area contributed by atoms with Crippen molar-refractivity contribution in [2.45, 2.75) is 31.4 Å². The van der Waals surface area contributed by atoms with Crippen LogP contribution in [0.15, 0.2) is 90.1 Å². The quantitative estimate of drug-likeness (QED) is 0.539. The molecule has 164 valence electrons. The molecular weight excluding hydrogens is 402 g/mol. The van der Waals surface area contributed by atoms with Crippen LogP contribution in [0.25, 0.3) is 0 Å². The summed E-state index contributed by atoms with van der Waals surface area (Å²) in [6.45, 7) is 0. The van der Waals surface area contributed by atoms with Crippen LogP contribution in [-0.4, -0.2) is 31.0 Å². The van der Waals surface area contributed by atoms with Crippen molar-refractivity contribution in [2.75, 3.05) is 12.4 Å². The first-order chi connectivity index (χ1) is 15.7. The molecule has 6 nitrogen and oxygen atoms in total. The molecule has 2 amide bonds. The van der Waals surface area contributed by atoms with Crippen molar-refractivity contribution in [3.8, 4) is 5.75 Å². The summed E-state index contributed by atoms with van der Waals surface area (Å²) in [5, 5.41) is 10.3. The predicted octanol–water partition coefficient (Wildman–Crippen LogP) is 4.82. The molecule has 0 saturated carbocycles. The number of benzene rings is 3. The van der Waals surface area contributed by atoms with E-state index < -0.39 is 0 Å². The Morgan fingerprint density at radius 1 is 1.00 bits per heavy atom. The highest BCUT2D eigenvalue weighted by atomic mass is 16.6. The van der Waals surface area contributed by atoms with Crippen LogP contribution in [0.5, 0.6) is 5.75 Å². The standard InChI is InChI=1S/C26H27N3O3/c1-31-23-14-12-21(13-15-23)27-26(30)28-24(17-20-10-6-3-7-11-20)25-18-22(29-32-25)16-19-8-4-2-5-9-19/h2-15,24-25H,16-18H2,1H3,(H2,27,28,30). The van der Waals surface area contributed by atoms with Crippen molar-refractivity contribution < 1.29 is 14.4 Å². The summed E-state index contributed by atoms with van der Waals surface area (Å²) in [7, 11) is 1.61. The molecule has 0 spiro atoms. The largest absolute Gasteiger partial charge is 0.497 e. The van der Waals surface area contributed by atoms with Gasteiger partial charge in [-0.3, -0.25) is 0 Å². The Hall–Kier alpha value is -3.80. The van der Waals surface area contributed by atoms with Gasteiger partial charge in [0.25, 0.3) is 0 Å². The Labute approximate surface area is 188 Å². The molecule has 2 N–H and O–H groups in total. The van der Waals surface area contributed by atoms with E-state index in [4.69, 9.17) is 9.57 Å². The smallest absolute Gasteiger partial charge is 0.319 e. The lowest BCUT2D eigenvalue weighted by Gasteiger charge is -2.23. The van der Waals surface area contributed by atoms with Gasteiger partial charge in [-0.2, -0.15) is 0 Å². The van der Waals surface area contributed by atoms with E-state index in [2.05, 4.69) is 40.1 Å². The van der Waals surface area contributed by atoms with Crippen LogP contribution in [0.4, 0.5) is 10.5 Å². The van der Waals surface area contributed by atoms with Crippen LogP contribution in [0.2, 0.25) is 0 Å². The molecule has 32 heavy (non-hydrogen) atoms. The number of nitrogens with one attached hydrogen (secondary N) is 2. The number of carbonyl (C=O) groups is 1. The maximum absolute atomic E-state index is 12.8. The Morgan fingerprint density at radius 2 is 1.66 bits per heavy atom. The highest BCUT2D eigenvalue weighted by Crippen LogP contribution is 2.21. The van der Waals surface area contributed by atoms with Gasteiger partial charge in [-0.1, -0.05) is 65.8 Å². The minimum Gasteiger partial charge on any atom is -0.497 e. The number of carbonyl (C=O) groups excluding carboxylic acids is 1. The molecule has 0 aromatic heterocycles. The number of oxime groups is 1. The minimum atomic E-state index is -0.281. The zero-order valence-electron chi connectivity index (χ0n) is 18.0. The van der Waals surface area contributed by atoms with Crippen molar-refractivity contribution in [3.05, 3.63) is 96.1 Å². The molecule has 1 heterocycles. The Morgan fingerprint density at radius 3 is 2.31 bits per heavy atom. The molecule has 0 saturated heterocycles. The summed E-state index contributed by atoms with van der Waals surface area (Å²) in [5.74, 6) is 0.736. The summed E-state index contributed by atoms with van der Waals surface area (Å²) in [4.78, 5) is 18.5. The maximum atomic E-state index is 12.8. The zero-order chi connectivity index (χ0) is 22.2. The molecule has 0 radical (unpaired) electrons. The van der Waals surface area contributed by atoms with Gasteiger partial charge in [0.2, 0.25) is 0 Å². The number of rotatable bonds is 8. The van der Waals surface area contributed by atoms with Crippen molar-refractivity contribution in [2.24, 2.45) is 5.16 Å². The van der Waals surface area contributed by atoms with Gasteiger partial charge in [0.1, 0.15) is 5.75 Å². The molecule has 4 rings (SSSR count). The number of amides is 2. The molecule has 0 fully saturated rings. The fourth-order valence-electron chi connectivity index (χ4n) is 3.75. The summed E-state index contributed by atoms with van der Waals surface area (Å²) < 4.78 is 5.17. The van der Waals surface area contributed by atoms with Gasteiger partial charge in [-0.05, 0) is 41.8 Å². The van der Waals surface area contributed by atoms with Crippen molar-refractivity contribution in [3.63, 3.8) is 0 Å². The van der Waals surface area contributed by atoms with E-state index in [9.17, 15) is 4.79 Å². The fraction of sp³-hybridized carbons (Fsp3) is 0.231. The number of hydrogen-bond donors (Lipinski definition) is 2. The highest BCUT2D eigenvalue weighted by molar-refractivity contribution is 5.90. The predicted molar refractivity (Wildman–Crippen MR) is 126 cm³/mol. The lowest BCUT2D eigenvalue weighted by molar-refractivity contribution is 0.0584. The van der Waals surface area contributed by atoms with Gasteiger partial charge >= 0.3 is 6.03 Å². The molecule has 1 aliphatic rings. The molecule has 3 aromatic carbocycles. The summed E-state index contributed by atoms with van der Waals surface area (Å²) in [6.07, 6.45) is 1.84. The van der Waals surface area contributed by atoms with Crippen LogP contribution in [0.3, 0.4) is 0 Å². The first-order valence-corrected chi connectivity index (χ1v) is 10.7. The molecule has 6 heteroatoms. The minimum absolute atomic E-state index is 0.226. The number of anilines is 1. The van der Waals surface area contributed by atoms with Gasteiger partial charge < -0.3 is 20.2 Å².